The first-order valence-electron chi connectivity index (χ1n) is 10.4. The number of benzene rings is 1. The Balaban J connectivity index is 1.38. The number of thiophene rings is 1. The van der Waals surface area contributed by atoms with E-state index in [0.29, 0.717) is 12.6 Å². The molecule has 0 bridgehead atoms. The van der Waals surface area contributed by atoms with Gasteiger partial charge in [-0.05, 0) is 49.4 Å². The van der Waals surface area contributed by atoms with Gasteiger partial charge in [-0.3, -0.25) is 14.3 Å². The smallest absolute Gasteiger partial charge is 0.262 e. The van der Waals surface area contributed by atoms with Gasteiger partial charge in [0.1, 0.15) is 4.83 Å². The summed E-state index contributed by atoms with van der Waals surface area (Å²) in [5.74, 6) is 0. The molecule has 30 heavy (non-hydrogen) atoms. The van der Waals surface area contributed by atoms with Crippen molar-refractivity contribution < 1.29 is 0 Å². The van der Waals surface area contributed by atoms with Crippen LogP contribution in [0.15, 0.2) is 59.7 Å². The molecule has 1 aromatic carbocycles. The fraction of sp³-hybridized carbons (Fsp3) is 0.292. The molecule has 0 fully saturated rings. The number of aryl methyl sites for hydroxylation is 2. The highest BCUT2D eigenvalue weighted by molar-refractivity contribution is 7.18. The Kier molecular flexibility index (Phi) is 5.19. The zero-order chi connectivity index (χ0) is 20.5. The van der Waals surface area contributed by atoms with Gasteiger partial charge in [0.25, 0.3) is 5.56 Å². The number of fused-ring (bicyclic) bond motifs is 3. The van der Waals surface area contributed by atoms with Gasteiger partial charge in [0.05, 0.1) is 24.0 Å². The SMILES string of the molecule is Cc1cccc(Cn2cnc3sc4c(c3c2=O)CCC(NCc2ccccc2)C4)n1. The Morgan fingerprint density at radius 1 is 1.17 bits per heavy atom. The van der Waals surface area contributed by atoms with Gasteiger partial charge < -0.3 is 5.32 Å². The fourth-order valence-corrected chi connectivity index (χ4v) is 5.47. The molecule has 1 atom stereocenters. The fourth-order valence-electron chi connectivity index (χ4n) is 4.21. The second-order valence-electron chi connectivity index (χ2n) is 7.94. The number of hydrogen-bond acceptors (Lipinski definition) is 5. The number of aromatic nitrogens is 3. The molecule has 3 aromatic heterocycles. The predicted molar refractivity (Wildman–Crippen MR) is 121 cm³/mol. The first-order valence-corrected chi connectivity index (χ1v) is 11.2. The molecule has 5 rings (SSSR count). The summed E-state index contributed by atoms with van der Waals surface area (Å²) in [6.45, 7) is 3.29. The molecule has 0 radical (unpaired) electrons. The normalized spacial score (nSPS) is 16.0. The Bertz CT molecular complexity index is 1250. The topological polar surface area (TPSA) is 59.8 Å². The highest BCUT2D eigenvalue weighted by atomic mass is 32.1. The summed E-state index contributed by atoms with van der Waals surface area (Å²) in [7, 11) is 0. The van der Waals surface area contributed by atoms with E-state index in [-0.39, 0.29) is 5.56 Å². The molecule has 0 aliphatic heterocycles. The Labute approximate surface area is 179 Å². The van der Waals surface area contributed by atoms with Gasteiger partial charge in [0.15, 0.2) is 0 Å². The van der Waals surface area contributed by atoms with E-state index < -0.39 is 0 Å². The third kappa shape index (κ3) is 3.80. The zero-order valence-corrected chi connectivity index (χ0v) is 17.8. The van der Waals surface area contributed by atoms with Crippen molar-refractivity contribution in [3.63, 3.8) is 0 Å². The minimum absolute atomic E-state index is 0.0523. The molecule has 1 N–H and O–H groups in total. The monoisotopic (exact) mass is 416 g/mol. The van der Waals surface area contributed by atoms with E-state index in [1.165, 1.54) is 16.0 Å². The maximum Gasteiger partial charge on any atom is 0.262 e. The van der Waals surface area contributed by atoms with Crippen LogP contribution in [0.25, 0.3) is 10.2 Å². The summed E-state index contributed by atoms with van der Waals surface area (Å²) >= 11 is 1.68. The predicted octanol–water partition coefficient (Wildman–Crippen LogP) is 3.86. The summed E-state index contributed by atoms with van der Waals surface area (Å²) in [5.41, 5.74) is 4.39. The molecule has 4 aromatic rings. The maximum absolute atomic E-state index is 13.2. The first kappa shape index (κ1) is 19.2. The van der Waals surface area contributed by atoms with E-state index >= 15 is 0 Å². The van der Waals surface area contributed by atoms with Crippen LogP contribution in [0.3, 0.4) is 0 Å². The van der Waals surface area contributed by atoms with Gasteiger partial charge in [0.2, 0.25) is 0 Å². The molecule has 0 saturated carbocycles. The minimum atomic E-state index is 0.0523. The van der Waals surface area contributed by atoms with Gasteiger partial charge in [0, 0.05) is 23.2 Å². The molecule has 152 valence electrons. The summed E-state index contributed by atoms with van der Waals surface area (Å²) < 4.78 is 1.69. The third-order valence-corrected chi connectivity index (χ3v) is 6.91. The molecule has 0 amide bonds. The highest BCUT2D eigenvalue weighted by Crippen LogP contribution is 2.33. The van der Waals surface area contributed by atoms with E-state index in [4.69, 9.17) is 0 Å². The standard InChI is InChI=1S/C24H24N4OS/c1-16-6-5-9-19(27-16)14-28-15-26-23-22(24(28)29)20-11-10-18(12-21(20)30-23)25-13-17-7-3-2-4-8-17/h2-9,15,18,25H,10-14H2,1H3. The molecule has 1 aliphatic rings. The number of nitrogens with one attached hydrogen (secondary N) is 1. The molecule has 3 heterocycles. The van der Waals surface area contributed by atoms with Gasteiger partial charge in [-0.1, -0.05) is 36.4 Å². The number of rotatable bonds is 5. The lowest BCUT2D eigenvalue weighted by Gasteiger charge is -2.23. The van der Waals surface area contributed by atoms with E-state index in [1.807, 2.05) is 31.2 Å². The second kappa shape index (κ2) is 8.13. The van der Waals surface area contributed by atoms with Gasteiger partial charge in [-0.2, -0.15) is 0 Å². The summed E-state index contributed by atoms with van der Waals surface area (Å²) in [4.78, 5) is 24.5. The third-order valence-electron chi connectivity index (χ3n) is 5.75. The molecule has 5 nitrogen and oxygen atoms in total. The van der Waals surface area contributed by atoms with Crippen LogP contribution in [0, 0.1) is 6.92 Å². The number of hydrogen-bond donors (Lipinski definition) is 1. The summed E-state index contributed by atoms with van der Waals surface area (Å²) in [5, 5.41) is 4.49. The number of nitrogens with zero attached hydrogens (tertiary/aromatic N) is 3. The van der Waals surface area contributed by atoms with Crippen LogP contribution in [0.2, 0.25) is 0 Å². The van der Waals surface area contributed by atoms with Crippen LogP contribution in [-0.2, 0) is 25.9 Å². The van der Waals surface area contributed by atoms with E-state index in [1.54, 1.807) is 22.2 Å². The van der Waals surface area contributed by atoms with Gasteiger partial charge >= 0.3 is 0 Å². The zero-order valence-electron chi connectivity index (χ0n) is 17.0. The van der Waals surface area contributed by atoms with Crippen LogP contribution in [0.1, 0.15) is 33.8 Å². The van der Waals surface area contributed by atoms with Crippen LogP contribution in [0.5, 0.6) is 0 Å². The van der Waals surface area contributed by atoms with Gasteiger partial charge in [-0.25, -0.2) is 4.98 Å². The molecule has 1 unspecified atom stereocenters. The second-order valence-corrected chi connectivity index (χ2v) is 9.02. The van der Waals surface area contributed by atoms with Crippen LogP contribution in [0.4, 0.5) is 0 Å². The molecular weight excluding hydrogens is 392 g/mol. The number of pyridine rings is 1. The quantitative estimate of drug-likeness (QED) is 0.537. The van der Waals surface area contributed by atoms with Crippen LogP contribution >= 0.6 is 11.3 Å². The van der Waals surface area contributed by atoms with Crippen LogP contribution in [-0.4, -0.2) is 20.6 Å². The Hall–Kier alpha value is -2.83. The first-order chi connectivity index (χ1) is 14.7. The van der Waals surface area contributed by atoms with Crippen molar-refractivity contribution in [1.29, 1.82) is 0 Å². The van der Waals surface area contributed by atoms with Crippen molar-refractivity contribution in [3.8, 4) is 0 Å². The van der Waals surface area contributed by atoms with Crippen molar-refractivity contribution in [2.75, 3.05) is 0 Å². The largest absolute Gasteiger partial charge is 0.310 e. The molecule has 6 heteroatoms. The Morgan fingerprint density at radius 3 is 2.87 bits per heavy atom. The lowest BCUT2D eigenvalue weighted by Crippen LogP contribution is -2.33. The maximum atomic E-state index is 13.2. The molecule has 1 aliphatic carbocycles. The van der Waals surface area contributed by atoms with E-state index in [2.05, 4.69) is 39.6 Å². The summed E-state index contributed by atoms with van der Waals surface area (Å²) in [6.07, 6.45) is 4.59. The lowest BCUT2D eigenvalue weighted by molar-refractivity contribution is 0.462. The molecule has 0 spiro atoms. The minimum Gasteiger partial charge on any atom is -0.310 e. The van der Waals surface area contributed by atoms with Crippen molar-refractivity contribution in [3.05, 3.63) is 92.6 Å². The van der Waals surface area contributed by atoms with Crippen molar-refractivity contribution >= 4 is 21.6 Å². The Morgan fingerprint density at radius 2 is 2.03 bits per heavy atom. The lowest BCUT2D eigenvalue weighted by atomic mass is 9.93. The summed E-state index contributed by atoms with van der Waals surface area (Å²) in [6, 6.07) is 16.8. The molecule has 0 saturated heterocycles. The van der Waals surface area contributed by atoms with E-state index in [9.17, 15) is 4.79 Å². The van der Waals surface area contributed by atoms with Crippen molar-refractivity contribution in [1.82, 2.24) is 19.9 Å². The van der Waals surface area contributed by atoms with E-state index in [0.717, 1.165) is 47.4 Å². The van der Waals surface area contributed by atoms with Crippen molar-refractivity contribution in [2.24, 2.45) is 0 Å². The van der Waals surface area contributed by atoms with Gasteiger partial charge in [-0.15, -0.1) is 11.3 Å². The van der Waals surface area contributed by atoms with Crippen molar-refractivity contribution in [2.45, 2.75) is 45.3 Å². The average Bonchev–Trinajstić information content (AvgIpc) is 3.13. The average molecular weight is 417 g/mol. The molecular formula is C24H24N4OS. The highest BCUT2D eigenvalue weighted by Gasteiger charge is 2.25. The van der Waals surface area contributed by atoms with Crippen LogP contribution < -0.4 is 10.9 Å².